The molecule has 8 nitrogen and oxygen atoms in total. The van der Waals surface area contributed by atoms with Gasteiger partial charge in [0.25, 0.3) is 14.4 Å². The predicted molar refractivity (Wildman–Crippen MR) is 63.1 cm³/mol. The van der Waals surface area contributed by atoms with Gasteiger partial charge in [0.1, 0.15) is 0 Å². The van der Waals surface area contributed by atoms with Gasteiger partial charge in [0.2, 0.25) is 5.13 Å². The summed E-state index contributed by atoms with van der Waals surface area (Å²) in [5.74, 6) is 0. The first-order valence-electron chi connectivity index (χ1n) is 4.50. The Hall–Kier alpha value is -1.68. The molecule has 2 rings (SSSR count). The third-order valence-corrected chi connectivity index (χ3v) is 4.40. The van der Waals surface area contributed by atoms with E-state index in [9.17, 15) is 8.42 Å². The Balaban J connectivity index is 2.32. The Morgan fingerprint density at radius 1 is 1.47 bits per heavy atom. The van der Waals surface area contributed by atoms with Gasteiger partial charge in [-0.2, -0.15) is 13.5 Å². The lowest BCUT2D eigenvalue weighted by Gasteiger charge is -2.02. The molecule has 0 fully saturated rings. The first kappa shape index (κ1) is 11.8. The second-order valence-corrected chi connectivity index (χ2v) is 6.18. The van der Waals surface area contributed by atoms with Gasteiger partial charge in [-0.15, -0.1) is 10.2 Å². The van der Waals surface area contributed by atoms with Crippen LogP contribution in [-0.4, -0.2) is 28.4 Å². The highest BCUT2D eigenvalue weighted by Crippen LogP contribution is 2.21. The van der Waals surface area contributed by atoms with Crippen molar-refractivity contribution in [3.05, 3.63) is 11.9 Å². The summed E-state index contributed by atoms with van der Waals surface area (Å²) in [6.07, 6.45) is 1.57. The molecule has 17 heavy (non-hydrogen) atoms. The molecule has 0 aliphatic carbocycles. The monoisotopic (exact) mass is 274 g/mol. The van der Waals surface area contributed by atoms with Crippen molar-refractivity contribution in [2.75, 3.05) is 10.5 Å². The Kier molecular flexibility index (Phi) is 2.75. The topological polar surface area (TPSA) is 116 Å². The normalized spacial score (nSPS) is 11.6. The highest BCUT2D eigenvalue weighted by Gasteiger charge is 2.21. The molecule has 0 aromatic carbocycles. The summed E-state index contributed by atoms with van der Waals surface area (Å²) in [6, 6.07) is 0. The highest BCUT2D eigenvalue weighted by molar-refractivity contribution is 7.94. The summed E-state index contributed by atoms with van der Waals surface area (Å²) in [7, 11) is -2.04. The quantitative estimate of drug-likeness (QED) is 0.811. The molecular weight excluding hydrogens is 264 g/mol. The predicted octanol–water partition coefficient (Wildman–Crippen LogP) is -0.0370. The molecule has 3 N–H and O–H groups in total. The van der Waals surface area contributed by atoms with Crippen LogP contribution in [0.1, 0.15) is 5.69 Å². The number of nitrogens with one attached hydrogen (secondary N) is 1. The van der Waals surface area contributed by atoms with Crippen LogP contribution in [0.15, 0.2) is 10.5 Å². The van der Waals surface area contributed by atoms with Crippen LogP contribution in [0.5, 0.6) is 0 Å². The lowest BCUT2D eigenvalue weighted by atomic mass is 10.4. The number of aryl methyl sites for hydroxylation is 2. The molecule has 0 atom stereocenters. The van der Waals surface area contributed by atoms with E-state index in [-0.39, 0.29) is 9.47 Å². The van der Waals surface area contributed by atoms with Crippen LogP contribution in [-0.2, 0) is 17.1 Å². The molecule has 2 aromatic rings. The minimum atomic E-state index is -3.74. The number of anilines is 2. The Labute approximate surface area is 102 Å². The third-order valence-electron chi connectivity index (χ3n) is 1.91. The number of sulfonamides is 1. The van der Waals surface area contributed by atoms with Crippen LogP contribution in [0.25, 0.3) is 0 Å². The van der Waals surface area contributed by atoms with E-state index >= 15 is 0 Å². The fourth-order valence-electron chi connectivity index (χ4n) is 1.22. The van der Waals surface area contributed by atoms with E-state index < -0.39 is 10.0 Å². The van der Waals surface area contributed by atoms with Crippen molar-refractivity contribution in [2.45, 2.75) is 11.3 Å². The van der Waals surface area contributed by atoms with Gasteiger partial charge >= 0.3 is 0 Å². The molecule has 92 valence electrons. The van der Waals surface area contributed by atoms with E-state index in [0.29, 0.717) is 11.4 Å². The summed E-state index contributed by atoms with van der Waals surface area (Å²) < 4.78 is 27.5. The van der Waals surface area contributed by atoms with Gasteiger partial charge < -0.3 is 5.73 Å². The minimum Gasteiger partial charge on any atom is -0.374 e. The third kappa shape index (κ3) is 2.36. The van der Waals surface area contributed by atoms with E-state index in [1.807, 2.05) is 0 Å². The summed E-state index contributed by atoms with van der Waals surface area (Å²) in [5.41, 5.74) is 6.32. The molecule has 0 radical (unpaired) electrons. The van der Waals surface area contributed by atoms with Crippen LogP contribution in [0.3, 0.4) is 0 Å². The zero-order chi connectivity index (χ0) is 12.6. The first-order chi connectivity index (χ1) is 7.88. The maximum Gasteiger partial charge on any atom is 0.291 e. The molecule has 0 amide bonds. The summed E-state index contributed by atoms with van der Waals surface area (Å²) in [6.45, 7) is 1.70. The molecule has 0 saturated heterocycles. The highest BCUT2D eigenvalue weighted by atomic mass is 32.2. The van der Waals surface area contributed by atoms with Crippen LogP contribution < -0.4 is 10.5 Å². The Morgan fingerprint density at radius 2 is 2.18 bits per heavy atom. The van der Waals surface area contributed by atoms with Crippen molar-refractivity contribution >= 4 is 32.2 Å². The maximum absolute atomic E-state index is 11.9. The van der Waals surface area contributed by atoms with Gasteiger partial charge in [0, 0.05) is 13.2 Å². The van der Waals surface area contributed by atoms with E-state index in [1.54, 1.807) is 20.2 Å². The standard InChI is InChI=1S/C7H10N6O2S2/c1-4-5(3-13(2)11-4)12-17(14,15)7-10-9-6(8)16-7/h3,12H,1-2H3,(H2,8,9). The fraction of sp³-hybridized carbons (Fsp3) is 0.286. The van der Waals surface area contributed by atoms with Crippen molar-refractivity contribution in [1.82, 2.24) is 20.0 Å². The van der Waals surface area contributed by atoms with E-state index in [2.05, 4.69) is 20.0 Å². The number of nitrogen functional groups attached to an aromatic ring is 1. The zero-order valence-corrected chi connectivity index (χ0v) is 10.7. The average molecular weight is 274 g/mol. The van der Waals surface area contributed by atoms with Gasteiger partial charge in [-0.05, 0) is 6.92 Å². The summed E-state index contributed by atoms with van der Waals surface area (Å²) in [5, 5.41) is 11.1. The fourth-order valence-corrected chi connectivity index (χ4v) is 3.10. The molecule has 2 heterocycles. The number of rotatable bonds is 3. The first-order valence-corrected chi connectivity index (χ1v) is 6.80. The summed E-state index contributed by atoms with van der Waals surface area (Å²) >= 11 is 0.804. The van der Waals surface area contributed by atoms with Crippen molar-refractivity contribution in [3.63, 3.8) is 0 Å². The SMILES string of the molecule is Cc1nn(C)cc1NS(=O)(=O)c1nnc(N)s1. The Bertz CT molecular complexity index is 643. The molecule has 0 bridgehead atoms. The van der Waals surface area contributed by atoms with Gasteiger partial charge in [-0.1, -0.05) is 11.3 Å². The van der Waals surface area contributed by atoms with Crippen molar-refractivity contribution < 1.29 is 8.42 Å². The molecule has 2 aromatic heterocycles. The lowest BCUT2D eigenvalue weighted by molar-refractivity contribution is 0.599. The van der Waals surface area contributed by atoms with Gasteiger partial charge in [0.15, 0.2) is 0 Å². The molecule has 0 aliphatic rings. The molecular formula is C7H10N6O2S2. The average Bonchev–Trinajstić information content (AvgIpc) is 2.74. The van der Waals surface area contributed by atoms with Crippen LogP contribution >= 0.6 is 11.3 Å². The van der Waals surface area contributed by atoms with Gasteiger partial charge in [-0.25, -0.2) is 0 Å². The number of hydrogen-bond donors (Lipinski definition) is 2. The second kappa shape index (κ2) is 3.96. The maximum atomic E-state index is 11.9. The van der Waals surface area contributed by atoms with Crippen molar-refractivity contribution in [1.29, 1.82) is 0 Å². The van der Waals surface area contributed by atoms with Crippen molar-refractivity contribution in [3.8, 4) is 0 Å². The molecule has 10 heteroatoms. The number of nitrogens with two attached hydrogens (primary N) is 1. The lowest BCUT2D eigenvalue weighted by Crippen LogP contribution is -2.13. The minimum absolute atomic E-state index is 0.105. The number of nitrogens with zero attached hydrogens (tertiary/aromatic N) is 4. The zero-order valence-electron chi connectivity index (χ0n) is 9.08. The van der Waals surface area contributed by atoms with Crippen LogP contribution in [0.2, 0.25) is 0 Å². The molecule has 0 spiro atoms. The van der Waals surface area contributed by atoms with Crippen LogP contribution in [0, 0.1) is 6.92 Å². The van der Waals surface area contributed by atoms with E-state index in [0.717, 1.165) is 11.3 Å². The van der Waals surface area contributed by atoms with Crippen molar-refractivity contribution in [2.24, 2.45) is 7.05 Å². The molecule has 0 saturated carbocycles. The van der Waals surface area contributed by atoms with Gasteiger partial charge in [0.05, 0.1) is 11.4 Å². The number of aromatic nitrogens is 4. The molecule has 0 unspecified atom stereocenters. The smallest absolute Gasteiger partial charge is 0.291 e. The second-order valence-electron chi connectivity index (χ2n) is 3.31. The van der Waals surface area contributed by atoms with Crippen LogP contribution in [0.4, 0.5) is 10.8 Å². The summed E-state index contributed by atoms with van der Waals surface area (Å²) in [4.78, 5) is 0. The largest absolute Gasteiger partial charge is 0.374 e. The Morgan fingerprint density at radius 3 is 2.65 bits per heavy atom. The van der Waals surface area contributed by atoms with Gasteiger partial charge in [-0.3, -0.25) is 9.40 Å². The molecule has 0 aliphatic heterocycles. The number of hydrogen-bond acceptors (Lipinski definition) is 7. The van der Waals surface area contributed by atoms with E-state index in [1.165, 1.54) is 4.68 Å². The van der Waals surface area contributed by atoms with E-state index in [4.69, 9.17) is 5.73 Å².